The van der Waals surface area contributed by atoms with E-state index in [1.54, 1.807) is 12.1 Å². The summed E-state index contributed by atoms with van der Waals surface area (Å²) in [4.78, 5) is 2.57. The molecule has 0 aliphatic rings. The fourth-order valence-corrected chi connectivity index (χ4v) is 1.76. The van der Waals surface area contributed by atoms with Crippen molar-refractivity contribution in [2.45, 2.75) is 19.9 Å². The standard InChI is InChI=1S/C12H16ClFN2S/c1-2-16(6-5-12(15)17)8-9-3-4-10(13)7-11(9)14/h3-4,7H,2,5-6,8H2,1H3,(H2,15,17). The Balaban J connectivity index is 2.63. The van der Waals surface area contributed by atoms with E-state index < -0.39 is 0 Å². The molecule has 0 spiro atoms. The molecule has 1 rings (SSSR count). The van der Waals surface area contributed by atoms with Crippen LogP contribution in [0.25, 0.3) is 0 Å². The van der Waals surface area contributed by atoms with Gasteiger partial charge in [0.15, 0.2) is 0 Å². The lowest BCUT2D eigenvalue weighted by Crippen LogP contribution is -2.27. The predicted octanol–water partition coefficient (Wildman–Crippen LogP) is 2.98. The summed E-state index contributed by atoms with van der Waals surface area (Å²) in [5, 5.41) is 0.414. The van der Waals surface area contributed by atoms with Crippen molar-refractivity contribution < 1.29 is 4.39 Å². The summed E-state index contributed by atoms with van der Waals surface area (Å²) in [5.41, 5.74) is 6.09. The van der Waals surface area contributed by atoms with Crippen LogP contribution >= 0.6 is 23.8 Å². The van der Waals surface area contributed by atoms with E-state index in [1.165, 1.54) is 6.07 Å². The minimum absolute atomic E-state index is 0.272. The van der Waals surface area contributed by atoms with Crippen LogP contribution in [-0.2, 0) is 6.54 Å². The third-order valence-electron chi connectivity index (χ3n) is 2.53. The lowest BCUT2D eigenvalue weighted by Gasteiger charge is -2.20. The van der Waals surface area contributed by atoms with Crippen molar-refractivity contribution >= 4 is 28.8 Å². The van der Waals surface area contributed by atoms with E-state index in [0.29, 0.717) is 28.5 Å². The number of nitrogens with zero attached hydrogens (tertiary/aromatic N) is 1. The second kappa shape index (κ2) is 6.89. The Morgan fingerprint density at radius 1 is 1.53 bits per heavy atom. The Morgan fingerprint density at radius 2 is 2.24 bits per heavy atom. The van der Waals surface area contributed by atoms with Crippen molar-refractivity contribution in [1.29, 1.82) is 0 Å². The minimum Gasteiger partial charge on any atom is -0.393 e. The summed E-state index contributed by atoms with van der Waals surface area (Å²) < 4.78 is 13.6. The largest absolute Gasteiger partial charge is 0.393 e. The van der Waals surface area contributed by atoms with Gasteiger partial charge in [0.1, 0.15) is 5.82 Å². The van der Waals surface area contributed by atoms with Gasteiger partial charge in [-0.2, -0.15) is 0 Å². The molecule has 0 amide bonds. The monoisotopic (exact) mass is 274 g/mol. The van der Waals surface area contributed by atoms with Crippen LogP contribution in [0.4, 0.5) is 4.39 Å². The predicted molar refractivity (Wildman–Crippen MR) is 73.8 cm³/mol. The third kappa shape index (κ3) is 4.98. The van der Waals surface area contributed by atoms with Gasteiger partial charge in [-0.05, 0) is 18.7 Å². The Labute approximate surface area is 112 Å². The molecule has 1 aromatic carbocycles. The van der Waals surface area contributed by atoms with Gasteiger partial charge in [0.05, 0.1) is 4.99 Å². The summed E-state index contributed by atoms with van der Waals surface area (Å²) in [7, 11) is 0. The summed E-state index contributed by atoms with van der Waals surface area (Å²) in [6, 6.07) is 4.74. The molecule has 0 aliphatic heterocycles. The van der Waals surface area contributed by atoms with Gasteiger partial charge < -0.3 is 5.73 Å². The molecule has 2 N–H and O–H groups in total. The van der Waals surface area contributed by atoms with Crippen LogP contribution < -0.4 is 5.73 Å². The SMILES string of the molecule is CCN(CCC(N)=S)Cc1ccc(Cl)cc1F. The second-order valence-electron chi connectivity index (χ2n) is 3.82. The van der Waals surface area contributed by atoms with E-state index in [0.717, 1.165) is 13.1 Å². The van der Waals surface area contributed by atoms with Crippen molar-refractivity contribution in [1.82, 2.24) is 4.90 Å². The van der Waals surface area contributed by atoms with Crippen molar-refractivity contribution in [2.24, 2.45) is 5.73 Å². The minimum atomic E-state index is -0.272. The van der Waals surface area contributed by atoms with Crippen LogP contribution in [0, 0.1) is 5.82 Å². The average Bonchev–Trinajstić information content (AvgIpc) is 2.26. The first kappa shape index (κ1) is 14.4. The quantitative estimate of drug-likeness (QED) is 0.809. The lowest BCUT2D eigenvalue weighted by molar-refractivity contribution is 0.284. The molecule has 0 aromatic heterocycles. The van der Waals surface area contributed by atoms with Crippen LogP contribution in [0.15, 0.2) is 18.2 Å². The summed E-state index contributed by atoms with van der Waals surface area (Å²) in [6.45, 7) is 4.13. The molecule has 0 radical (unpaired) electrons. The van der Waals surface area contributed by atoms with Gasteiger partial charge in [-0.25, -0.2) is 4.39 Å². The smallest absolute Gasteiger partial charge is 0.129 e. The highest BCUT2D eigenvalue weighted by atomic mass is 35.5. The molecule has 0 bridgehead atoms. The molecule has 1 aromatic rings. The zero-order chi connectivity index (χ0) is 12.8. The van der Waals surface area contributed by atoms with E-state index in [1.807, 2.05) is 6.92 Å². The highest BCUT2D eigenvalue weighted by Gasteiger charge is 2.08. The van der Waals surface area contributed by atoms with Crippen molar-refractivity contribution in [3.63, 3.8) is 0 Å². The number of nitrogens with two attached hydrogens (primary N) is 1. The zero-order valence-corrected chi connectivity index (χ0v) is 11.3. The topological polar surface area (TPSA) is 29.3 Å². The molecule has 2 nitrogen and oxygen atoms in total. The molecule has 0 atom stereocenters. The number of halogens is 2. The number of hydrogen-bond acceptors (Lipinski definition) is 2. The van der Waals surface area contributed by atoms with E-state index in [4.69, 9.17) is 29.6 Å². The molecular formula is C12H16ClFN2S. The number of rotatable bonds is 6. The Hall–Kier alpha value is -0.710. The maximum Gasteiger partial charge on any atom is 0.129 e. The van der Waals surface area contributed by atoms with E-state index in [-0.39, 0.29) is 5.82 Å². The van der Waals surface area contributed by atoms with Crippen molar-refractivity contribution in [3.8, 4) is 0 Å². The molecule has 0 aliphatic carbocycles. The Kier molecular flexibility index (Phi) is 5.82. The maximum atomic E-state index is 13.6. The molecule has 0 saturated heterocycles. The average molecular weight is 275 g/mol. The van der Waals surface area contributed by atoms with Crippen molar-refractivity contribution in [2.75, 3.05) is 13.1 Å². The molecule has 5 heteroatoms. The van der Waals surface area contributed by atoms with Gasteiger partial charge in [0, 0.05) is 30.1 Å². The van der Waals surface area contributed by atoms with Crippen molar-refractivity contribution in [3.05, 3.63) is 34.6 Å². The number of thiocarbonyl (C=S) groups is 1. The first-order valence-corrected chi connectivity index (χ1v) is 6.26. The maximum absolute atomic E-state index is 13.6. The van der Waals surface area contributed by atoms with Crippen LogP contribution in [0.2, 0.25) is 5.02 Å². The Morgan fingerprint density at radius 3 is 2.76 bits per heavy atom. The van der Waals surface area contributed by atoms with Gasteiger partial charge in [-0.15, -0.1) is 0 Å². The van der Waals surface area contributed by atoms with Crippen LogP contribution in [0.5, 0.6) is 0 Å². The van der Waals surface area contributed by atoms with Crippen LogP contribution in [-0.4, -0.2) is 23.0 Å². The molecule has 0 unspecified atom stereocenters. The molecule has 94 valence electrons. The molecular weight excluding hydrogens is 259 g/mol. The molecule has 0 heterocycles. The molecule has 17 heavy (non-hydrogen) atoms. The first-order chi connectivity index (χ1) is 8.02. The van der Waals surface area contributed by atoms with Gasteiger partial charge >= 0.3 is 0 Å². The summed E-state index contributed by atoms with van der Waals surface area (Å²) in [5.74, 6) is -0.272. The van der Waals surface area contributed by atoms with E-state index >= 15 is 0 Å². The van der Waals surface area contributed by atoms with Crippen LogP contribution in [0.1, 0.15) is 18.9 Å². The number of hydrogen-bond donors (Lipinski definition) is 1. The fourth-order valence-electron chi connectivity index (χ4n) is 1.51. The van der Waals surface area contributed by atoms with E-state index in [9.17, 15) is 4.39 Å². The second-order valence-corrected chi connectivity index (χ2v) is 4.78. The van der Waals surface area contributed by atoms with Gasteiger partial charge in [-0.1, -0.05) is 36.8 Å². The summed E-state index contributed by atoms with van der Waals surface area (Å²) >= 11 is 10.5. The van der Waals surface area contributed by atoms with Gasteiger partial charge in [0.25, 0.3) is 0 Å². The van der Waals surface area contributed by atoms with Gasteiger partial charge in [-0.3, -0.25) is 4.90 Å². The van der Waals surface area contributed by atoms with E-state index in [2.05, 4.69) is 4.90 Å². The highest BCUT2D eigenvalue weighted by molar-refractivity contribution is 7.80. The Bertz CT molecular complexity index is 398. The van der Waals surface area contributed by atoms with Crippen LogP contribution in [0.3, 0.4) is 0 Å². The number of benzene rings is 1. The fraction of sp³-hybridized carbons (Fsp3) is 0.417. The third-order valence-corrected chi connectivity index (χ3v) is 2.97. The molecule has 0 saturated carbocycles. The first-order valence-electron chi connectivity index (χ1n) is 5.47. The summed E-state index contributed by atoms with van der Waals surface area (Å²) in [6.07, 6.45) is 0.651. The van der Waals surface area contributed by atoms with Gasteiger partial charge in [0.2, 0.25) is 0 Å². The lowest BCUT2D eigenvalue weighted by atomic mass is 10.2. The zero-order valence-electron chi connectivity index (χ0n) is 9.75. The normalized spacial score (nSPS) is 10.8. The molecule has 0 fully saturated rings. The highest BCUT2D eigenvalue weighted by Crippen LogP contribution is 2.16.